The maximum atomic E-state index is 13.1. The highest BCUT2D eigenvalue weighted by molar-refractivity contribution is 7.92. The molecule has 1 heterocycles. The number of fused-ring (bicyclic) bond motifs is 1. The fourth-order valence-corrected chi connectivity index (χ4v) is 5.07. The lowest BCUT2D eigenvalue weighted by Gasteiger charge is -2.25. The molecule has 158 valence electrons. The smallest absolute Gasteiger partial charge is 0.363 e. The standard InChI is InChI=1S/C23H26N2O4S/c1-15-12-13-18(14-16(15)2)30(27,28)25-22-21(24-17-8-4-3-5-9-17)19-10-6-7-11-20(19)29-23(22)26/h6-7,10-14,17,24-25H,3-5,8-9H2,1-2H3. The van der Waals surface area contributed by atoms with Crippen molar-refractivity contribution >= 4 is 32.4 Å². The second kappa shape index (κ2) is 8.14. The Kier molecular flexibility index (Phi) is 5.56. The lowest BCUT2D eigenvalue weighted by Crippen LogP contribution is -2.26. The van der Waals surface area contributed by atoms with Gasteiger partial charge in [-0.15, -0.1) is 0 Å². The molecule has 2 N–H and O–H groups in total. The Hall–Kier alpha value is -2.80. The summed E-state index contributed by atoms with van der Waals surface area (Å²) in [4.78, 5) is 12.9. The highest BCUT2D eigenvalue weighted by Crippen LogP contribution is 2.33. The molecule has 1 saturated carbocycles. The summed E-state index contributed by atoms with van der Waals surface area (Å²) >= 11 is 0. The van der Waals surface area contributed by atoms with Crippen molar-refractivity contribution in [3.63, 3.8) is 0 Å². The minimum atomic E-state index is -3.96. The number of anilines is 2. The number of aryl methyl sites for hydroxylation is 2. The van der Waals surface area contributed by atoms with Crippen LogP contribution in [0.1, 0.15) is 43.2 Å². The summed E-state index contributed by atoms with van der Waals surface area (Å²) in [6, 6.07) is 12.3. The molecular weight excluding hydrogens is 400 g/mol. The first kappa shape index (κ1) is 20.5. The van der Waals surface area contributed by atoms with E-state index >= 15 is 0 Å². The van der Waals surface area contributed by atoms with Crippen molar-refractivity contribution in [3.05, 3.63) is 64.0 Å². The van der Waals surface area contributed by atoms with Gasteiger partial charge in [0.05, 0.1) is 10.6 Å². The Labute approximate surface area is 176 Å². The molecule has 0 atom stereocenters. The van der Waals surface area contributed by atoms with Crippen molar-refractivity contribution in [2.24, 2.45) is 0 Å². The molecule has 1 aromatic heterocycles. The van der Waals surface area contributed by atoms with Gasteiger partial charge in [0.25, 0.3) is 10.0 Å². The Morgan fingerprint density at radius 2 is 1.67 bits per heavy atom. The van der Waals surface area contributed by atoms with Crippen molar-refractivity contribution in [1.82, 2.24) is 0 Å². The number of rotatable bonds is 5. The Morgan fingerprint density at radius 1 is 0.933 bits per heavy atom. The Bertz CT molecular complexity index is 1240. The van der Waals surface area contributed by atoms with Gasteiger partial charge < -0.3 is 9.73 Å². The van der Waals surface area contributed by atoms with Gasteiger partial charge in [0.15, 0.2) is 5.69 Å². The van der Waals surface area contributed by atoms with Gasteiger partial charge in [0, 0.05) is 11.4 Å². The van der Waals surface area contributed by atoms with Crippen molar-refractivity contribution < 1.29 is 12.8 Å². The number of sulfonamides is 1. The zero-order valence-electron chi connectivity index (χ0n) is 17.2. The van der Waals surface area contributed by atoms with E-state index in [2.05, 4.69) is 10.0 Å². The van der Waals surface area contributed by atoms with Gasteiger partial charge in [-0.2, -0.15) is 0 Å². The number of nitrogens with one attached hydrogen (secondary N) is 2. The molecule has 3 aromatic rings. The number of hydrogen-bond donors (Lipinski definition) is 2. The molecule has 7 heteroatoms. The van der Waals surface area contributed by atoms with E-state index < -0.39 is 15.6 Å². The summed E-state index contributed by atoms with van der Waals surface area (Å²) in [5.74, 6) is 0. The summed E-state index contributed by atoms with van der Waals surface area (Å²) in [6.45, 7) is 3.78. The first-order chi connectivity index (χ1) is 14.3. The third-order valence-electron chi connectivity index (χ3n) is 5.79. The van der Waals surface area contributed by atoms with E-state index in [1.165, 1.54) is 6.42 Å². The van der Waals surface area contributed by atoms with Crippen LogP contribution in [0.5, 0.6) is 0 Å². The van der Waals surface area contributed by atoms with Crippen molar-refractivity contribution in [1.29, 1.82) is 0 Å². The van der Waals surface area contributed by atoms with E-state index in [-0.39, 0.29) is 16.6 Å². The molecule has 0 unspecified atom stereocenters. The number of para-hydroxylation sites is 1. The van der Waals surface area contributed by atoms with E-state index in [1.54, 1.807) is 30.3 Å². The molecule has 0 aliphatic heterocycles. The van der Waals surface area contributed by atoms with E-state index in [0.29, 0.717) is 16.7 Å². The maximum Gasteiger partial charge on any atom is 0.363 e. The second-order valence-electron chi connectivity index (χ2n) is 7.97. The zero-order valence-corrected chi connectivity index (χ0v) is 18.0. The van der Waals surface area contributed by atoms with E-state index in [9.17, 15) is 13.2 Å². The van der Waals surface area contributed by atoms with Gasteiger partial charge in [0.2, 0.25) is 0 Å². The summed E-state index contributed by atoms with van der Waals surface area (Å²) in [6.07, 6.45) is 5.39. The quantitative estimate of drug-likeness (QED) is 0.563. The fourth-order valence-electron chi connectivity index (χ4n) is 3.92. The summed E-state index contributed by atoms with van der Waals surface area (Å²) in [5.41, 5.74) is 2.00. The lowest BCUT2D eigenvalue weighted by molar-refractivity contribution is 0.462. The molecule has 0 bridgehead atoms. The predicted molar refractivity (Wildman–Crippen MR) is 120 cm³/mol. The highest BCUT2D eigenvalue weighted by Gasteiger charge is 2.24. The SMILES string of the molecule is Cc1ccc(S(=O)(=O)Nc2c(NC3CCCCC3)c3ccccc3oc2=O)cc1C. The molecular formula is C23H26N2O4S. The van der Waals surface area contributed by atoms with E-state index in [4.69, 9.17) is 4.42 Å². The van der Waals surface area contributed by atoms with E-state index in [0.717, 1.165) is 36.8 Å². The third kappa shape index (κ3) is 4.07. The monoisotopic (exact) mass is 426 g/mol. The van der Waals surface area contributed by atoms with Gasteiger partial charge in [0.1, 0.15) is 5.58 Å². The summed E-state index contributed by atoms with van der Waals surface area (Å²) < 4.78 is 34.1. The van der Waals surface area contributed by atoms with Crippen LogP contribution in [0.2, 0.25) is 0 Å². The molecule has 0 amide bonds. The molecule has 1 aliphatic rings. The average Bonchev–Trinajstić information content (AvgIpc) is 2.73. The average molecular weight is 427 g/mol. The van der Waals surface area contributed by atoms with Gasteiger partial charge in [-0.1, -0.05) is 37.5 Å². The number of benzene rings is 2. The van der Waals surface area contributed by atoms with Crippen LogP contribution in [0.15, 0.2) is 56.6 Å². The third-order valence-corrected chi connectivity index (χ3v) is 7.14. The van der Waals surface area contributed by atoms with Crippen LogP contribution in [0.4, 0.5) is 11.4 Å². The molecule has 30 heavy (non-hydrogen) atoms. The van der Waals surface area contributed by atoms with Gasteiger partial charge in [-0.3, -0.25) is 4.72 Å². The second-order valence-corrected chi connectivity index (χ2v) is 9.65. The molecule has 2 aromatic carbocycles. The van der Waals surface area contributed by atoms with Crippen LogP contribution in [-0.4, -0.2) is 14.5 Å². The van der Waals surface area contributed by atoms with Crippen LogP contribution in [0, 0.1) is 13.8 Å². The molecule has 1 aliphatic carbocycles. The highest BCUT2D eigenvalue weighted by atomic mass is 32.2. The van der Waals surface area contributed by atoms with Gasteiger partial charge in [-0.25, -0.2) is 13.2 Å². The van der Waals surface area contributed by atoms with Crippen LogP contribution >= 0.6 is 0 Å². The fraction of sp³-hybridized carbons (Fsp3) is 0.348. The predicted octanol–water partition coefficient (Wildman–Crippen LogP) is 4.96. The summed E-state index contributed by atoms with van der Waals surface area (Å²) in [7, 11) is -3.96. The molecule has 4 rings (SSSR count). The van der Waals surface area contributed by atoms with Gasteiger partial charge >= 0.3 is 5.63 Å². The molecule has 0 saturated heterocycles. The topological polar surface area (TPSA) is 88.4 Å². The Balaban J connectivity index is 1.80. The summed E-state index contributed by atoms with van der Waals surface area (Å²) in [5, 5.41) is 4.12. The van der Waals surface area contributed by atoms with Crippen LogP contribution in [0.3, 0.4) is 0 Å². The lowest BCUT2D eigenvalue weighted by atomic mass is 9.95. The van der Waals surface area contributed by atoms with Crippen molar-refractivity contribution in [2.45, 2.75) is 56.9 Å². The molecule has 0 radical (unpaired) electrons. The first-order valence-corrected chi connectivity index (χ1v) is 11.8. The minimum absolute atomic E-state index is 0.0718. The molecule has 6 nitrogen and oxygen atoms in total. The molecule has 1 fully saturated rings. The Morgan fingerprint density at radius 3 is 2.40 bits per heavy atom. The normalized spacial score (nSPS) is 15.3. The van der Waals surface area contributed by atoms with Crippen LogP contribution in [0.25, 0.3) is 11.0 Å². The first-order valence-electron chi connectivity index (χ1n) is 10.3. The van der Waals surface area contributed by atoms with Crippen molar-refractivity contribution in [3.8, 4) is 0 Å². The van der Waals surface area contributed by atoms with E-state index in [1.807, 2.05) is 26.0 Å². The van der Waals surface area contributed by atoms with Gasteiger partial charge in [-0.05, 0) is 62.1 Å². The number of hydrogen-bond acceptors (Lipinski definition) is 5. The van der Waals surface area contributed by atoms with Crippen LogP contribution in [-0.2, 0) is 10.0 Å². The minimum Gasteiger partial charge on any atom is -0.421 e. The largest absolute Gasteiger partial charge is 0.421 e. The zero-order chi connectivity index (χ0) is 21.3. The molecule has 0 spiro atoms. The van der Waals surface area contributed by atoms with Crippen LogP contribution < -0.4 is 15.7 Å². The maximum absolute atomic E-state index is 13.1. The van der Waals surface area contributed by atoms with Crippen molar-refractivity contribution in [2.75, 3.05) is 10.0 Å².